The van der Waals surface area contributed by atoms with Crippen LogP contribution in [-0.4, -0.2) is 59.0 Å². The lowest BCUT2D eigenvalue weighted by molar-refractivity contribution is -0.119. The van der Waals surface area contributed by atoms with Gasteiger partial charge in [-0.1, -0.05) is 13.8 Å². The second-order valence-corrected chi connectivity index (χ2v) is 8.08. The summed E-state index contributed by atoms with van der Waals surface area (Å²) in [6, 6.07) is 1.66. The van der Waals surface area contributed by atoms with Gasteiger partial charge in [-0.2, -0.15) is 0 Å². The molecule has 0 radical (unpaired) electrons. The van der Waals surface area contributed by atoms with Crippen LogP contribution in [0.25, 0.3) is 11.0 Å². The normalized spacial score (nSPS) is 18.0. The third-order valence-electron chi connectivity index (χ3n) is 5.68. The topological polar surface area (TPSA) is 115 Å². The number of nitrogens with one attached hydrogen (secondary N) is 2. The summed E-state index contributed by atoms with van der Waals surface area (Å²) in [5.74, 6) is -0.940. The van der Waals surface area contributed by atoms with Gasteiger partial charge >= 0.3 is 5.97 Å². The maximum atomic E-state index is 12.8. The molecule has 0 spiro atoms. The van der Waals surface area contributed by atoms with Crippen molar-refractivity contribution in [3.63, 3.8) is 0 Å². The van der Waals surface area contributed by atoms with Crippen LogP contribution in [0.3, 0.4) is 0 Å². The minimum absolute atomic E-state index is 0.0360. The molecule has 3 atom stereocenters. The summed E-state index contributed by atoms with van der Waals surface area (Å²) in [4.78, 5) is 30.1. The van der Waals surface area contributed by atoms with Crippen molar-refractivity contribution in [3.8, 4) is 0 Å². The molecule has 0 aromatic carbocycles. The average molecular weight is 433 g/mol. The molecule has 1 saturated heterocycles. The predicted octanol–water partition coefficient (Wildman–Crippen LogP) is 2.78. The van der Waals surface area contributed by atoms with Crippen molar-refractivity contribution in [3.05, 3.63) is 18.0 Å². The van der Waals surface area contributed by atoms with E-state index in [4.69, 9.17) is 9.47 Å². The first kappa shape index (κ1) is 23.0. The second kappa shape index (κ2) is 10.1. The quantitative estimate of drug-likeness (QED) is 0.522. The lowest BCUT2D eigenvalue weighted by atomic mass is 10.1. The summed E-state index contributed by atoms with van der Waals surface area (Å²) in [5.41, 5.74) is 1.89. The van der Waals surface area contributed by atoms with Gasteiger partial charge < -0.3 is 29.8 Å². The molecule has 2 aromatic rings. The van der Waals surface area contributed by atoms with Crippen molar-refractivity contribution < 1.29 is 24.2 Å². The van der Waals surface area contributed by atoms with Gasteiger partial charge in [0.1, 0.15) is 5.65 Å². The van der Waals surface area contributed by atoms with Gasteiger partial charge in [0.15, 0.2) is 5.69 Å². The number of hydrogen-bond donors (Lipinski definition) is 3. The summed E-state index contributed by atoms with van der Waals surface area (Å²) >= 11 is 0. The number of nitrogens with zero attached hydrogens (tertiary/aromatic N) is 2. The zero-order chi connectivity index (χ0) is 22.5. The number of rotatable bonds is 9. The minimum atomic E-state index is -0.548. The summed E-state index contributed by atoms with van der Waals surface area (Å²) in [6.45, 7) is 6.71. The van der Waals surface area contributed by atoms with Crippen LogP contribution in [0.15, 0.2) is 12.3 Å². The van der Waals surface area contributed by atoms with Gasteiger partial charge in [-0.25, -0.2) is 9.78 Å². The number of hydrogen-bond acceptors (Lipinski definition) is 7. The molecule has 170 valence electrons. The maximum absolute atomic E-state index is 12.8. The number of pyridine rings is 1. The number of aliphatic hydroxyl groups is 1. The number of fused-ring (bicyclic) bond motifs is 1. The van der Waals surface area contributed by atoms with Crippen LogP contribution in [0.2, 0.25) is 0 Å². The van der Waals surface area contributed by atoms with Gasteiger partial charge in [-0.15, -0.1) is 0 Å². The Kier molecular flexibility index (Phi) is 7.50. The van der Waals surface area contributed by atoms with Crippen molar-refractivity contribution in [1.29, 1.82) is 0 Å². The summed E-state index contributed by atoms with van der Waals surface area (Å²) in [7, 11) is 1.32. The lowest BCUT2D eigenvalue weighted by Gasteiger charge is -2.15. The first-order valence-electron chi connectivity index (χ1n) is 10.8. The molecule has 9 heteroatoms. The van der Waals surface area contributed by atoms with Crippen LogP contribution < -0.4 is 10.6 Å². The van der Waals surface area contributed by atoms with E-state index < -0.39 is 5.97 Å². The Hall–Kier alpha value is -2.65. The highest BCUT2D eigenvalue weighted by Crippen LogP contribution is 2.34. The van der Waals surface area contributed by atoms with E-state index in [1.807, 2.05) is 26.8 Å². The van der Waals surface area contributed by atoms with Crippen LogP contribution in [-0.2, 0) is 20.8 Å². The molecule has 1 aliphatic rings. The molecular formula is C22H32N4O5. The molecule has 3 rings (SSSR count). The lowest BCUT2D eigenvalue weighted by Crippen LogP contribution is -2.23. The molecular weight excluding hydrogens is 400 g/mol. The van der Waals surface area contributed by atoms with E-state index in [0.29, 0.717) is 42.0 Å². The Morgan fingerprint density at radius 2 is 2.19 bits per heavy atom. The van der Waals surface area contributed by atoms with Gasteiger partial charge in [0, 0.05) is 24.0 Å². The van der Waals surface area contributed by atoms with Crippen molar-refractivity contribution >= 4 is 34.3 Å². The monoisotopic (exact) mass is 432 g/mol. The largest absolute Gasteiger partial charge is 0.464 e. The first-order valence-corrected chi connectivity index (χ1v) is 10.8. The average Bonchev–Trinajstić information content (AvgIpc) is 3.39. The number of anilines is 2. The number of esters is 1. The van der Waals surface area contributed by atoms with Crippen LogP contribution >= 0.6 is 0 Å². The van der Waals surface area contributed by atoms with E-state index in [0.717, 1.165) is 12.8 Å². The number of carbonyl (C=O) groups excluding carboxylic acids is 2. The number of ether oxygens (including phenoxy) is 2. The zero-order valence-corrected chi connectivity index (χ0v) is 18.6. The highest BCUT2D eigenvalue weighted by atomic mass is 16.5. The molecule has 3 N–H and O–H groups in total. The standard InChI is InChI=1S/C22H32N4O5/c1-5-13(2)21(28)25-18-17-9-15(24-14(3)12-27)10-23-20(17)26(19(18)22(29)30-4)11-16-7-6-8-31-16/h9-10,13-14,16,24,27H,5-8,11-12H2,1-4H3,(H,25,28)/t13-,14+,16+/m1/s1. The van der Waals surface area contributed by atoms with Gasteiger partial charge in [0.2, 0.25) is 5.91 Å². The number of methoxy groups -OCH3 is 1. The van der Waals surface area contributed by atoms with Crippen molar-refractivity contribution in [2.24, 2.45) is 5.92 Å². The molecule has 31 heavy (non-hydrogen) atoms. The number of carbonyl (C=O) groups is 2. The number of aromatic nitrogens is 2. The number of amides is 1. The van der Waals surface area contributed by atoms with E-state index in [-0.39, 0.29) is 36.3 Å². The van der Waals surface area contributed by atoms with Crippen LogP contribution in [0, 0.1) is 5.92 Å². The fourth-order valence-electron chi connectivity index (χ4n) is 3.67. The predicted molar refractivity (Wildman–Crippen MR) is 118 cm³/mol. The SMILES string of the molecule is CC[C@@H](C)C(=O)Nc1c(C(=O)OC)n(C[C@@H]2CCCO2)c2ncc(N[C@@H](C)CO)cc12. The molecule has 2 aromatic heterocycles. The van der Waals surface area contributed by atoms with E-state index >= 15 is 0 Å². The number of aliphatic hydroxyl groups excluding tert-OH is 1. The highest BCUT2D eigenvalue weighted by molar-refractivity contribution is 6.11. The van der Waals surface area contributed by atoms with E-state index in [2.05, 4.69) is 15.6 Å². The maximum Gasteiger partial charge on any atom is 0.356 e. The van der Waals surface area contributed by atoms with Crippen LogP contribution in [0.1, 0.15) is 50.5 Å². The fourth-order valence-corrected chi connectivity index (χ4v) is 3.67. The van der Waals surface area contributed by atoms with E-state index in [1.54, 1.807) is 10.8 Å². The van der Waals surface area contributed by atoms with E-state index in [1.165, 1.54) is 7.11 Å². The van der Waals surface area contributed by atoms with Crippen LogP contribution in [0.5, 0.6) is 0 Å². The van der Waals surface area contributed by atoms with Gasteiger partial charge in [-0.3, -0.25) is 4.79 Å². The Bertz CT molecular complexity index is 936. The molecule has 3 heterocycles. The van der Waals surface area contributed by atoms with E-state index in [9.17, 15) is 14.7 Å². The first-order chi connectivity index (χ1) is 14.9. The molecule has 0 saturated carbocycles. The van der Waals surface area contributed by atoms with Crippen molar-refractivity contribution in [2.75, 3.05) is 31.0 Å². The Morgan fingerprint density at radius 3 is 2.81 bits per heavy atom. The zero-order valence-electron chi connectivity index (χ0n) is 18.6. The smallest absolute Gasteiger partial charge is 0.356 e. The van der Waals surface area contributed by atoms with Gasteiger partial charge in [0.25, 0.3) is 0 Å². The Labute approximate surface area is 182 Å². The molecule has 9 nitrogen and oxygen atoms in total. The van der Waals surface area contributed by atoms with Crippen molar-refractivity contribution in [2.45, 2.75) is 58.7 Å². The molecule has 0 aliphatic carbocycles. The molecule has 0 unspecified atom stereocenters. The third-order valence-corrected chi connectivity index (χ3v) is 5.68. The summed E-state index contributed by atoms with van der Waals surface area (Å²) in [6.07, 6.45) is 4.15. The summed E-state index contributed by atoms with van der Waals surface area (Å²) in [5, 5.41) is 16.1. The fraction of sp³-hybridized carbons (Fsp3) is 0.591. The summed E-state index contributed by atoms with van der Waals surface area (Å²) < 4.78 is 12.6. The van der Waals surface area contributed by atoms with Gasteiger partial charge in [0.05, 0.1) is 43.9 Å². The molecule has 1 aliphatic heterocycles. The molecule has 1 fully saturated rings. The Balaban J connectivity index is 2.16. The Morgan fingerprint density at radius 1 is 1.42 bits per heavy atom. The second-order valence-electron chi connectivity index (χ2n) is 8.08. The van der Waals surface area contributed by atoms with Crippen LogP contribution in [0.4, 0.5) is 11.4 Å². The van der Waals surface area contributed by atoms with Gasteiger partial charge in [-0.05, 0) is 32.3 Å². The van der Waals surface area contributed by atoms with Crippen molar-refractivity contribution in [1.82, 2.24) is 9.55 Å². The minimum Gasteiger partial charge on any atom is -0.464 e. The molecule has 0 bridgehead atoms. The molecule has 1 amide bonds. The highest BCUT2D eigenvalue weighted by Gasteiger charge is 2.29. The third kappa shape index (κ3) is 4.99.